The van der Waals surface area contributed by atoms with Crippen molar-refractivity contribution in [1.82, 2.24) is 0 Å². The maximum Gasteiger partial charge on any atom is 0.418 e. The number of nitriles is 1. The molecular weight excluding hydrogens is 301 g/mol. The number of thiocarbonyl (C=S) groups is 1. The Morgan fingerprint density at radius 1 is 1.33 bits per heavy atom. The van der Waals surface area contributed by atoms with Gasteiger partial charge in [0, 0.05) is 5.92 Å². The Morgan fingerprint density at radius 2 is 1.90 bits per heavy atom. The summed E-state index contributed by atoms with van der Waals surface area (Å²) in [6.07, 6.45) is -4.55. The standard InChI is InChI=1S/C14H13F3N2OS/c1-8(2)12(20)9(7-18)13(21)19-11-6-4-3-5-10(11)14(15,16)17/h3-6,8,20H,1-2H3,(H,19,21). The third kappa shape index (κ3) is 4.20. The van der Waals surface area contributed by atoms with Crippen molar-refractivity contribution in [2.75, 3.05) is 5.32 Å². The summed E-state index contributed by atoms with van der Waals surface area (Å²) in [5.74, 6) is -0.628. The Hall–Kier alpha value is -2.07. The highest BCUT2D eigenvalue weighted by Crippen LogP contribution is 2.34. The molecule has 0 bridgehead atoms. The largest absolute Gasteiger partial charge is 0.511 e. The smallest absolute Gasteiger partial charge is 0.418 e. The summed E-state index contributed by atoms with van der Waals surface area (Å²) < 4.78 is 38.6. The van der Waals surface area contributed by atoms with Crippen LogP contribution in [-0.4, -0.2) is 10.1 Å². The molecule has 3 nitrogen and oxygen atoms in total. The minimum atomic E-state index is -4.55. The molecule has 21 heavy (non-hydrogen) atoms. The van der Waals surface area contributed by atoms with Crippen LogP contribution in [0.15, 0.2) is 35.6 Å². The van der Waals surface area contributed by atoms with Crippen LogP contribution in [0.2, 0.25) is 0 Å². The number of benzene rings is 1. The van der Waals surface area contributed by atoms with E-state index < -0.39 is 11.7 Å². The Kier molecular flexibility index (Phi) is 5.33. The van der Waals surface area contributed by atoms with E-state index in [1.807, 2.05) is 0 Å². The fraction of sp³-hybridized carbons (Fsp3) is 0.286. The fourth-order valence-corrected chi connectivity index (χ4v) is 1.80. The van der Waals surface area contributed by atoms with E-state index in [0.717, 1.165) is 6.07 Å². The highest BCUT2D eigenvalue weighted by atomic mass is 32.1. The van der Waals surface area contributed by atoms with Crippen molar-refractivity contribution >= 4 is 22.9 Å². The lowest BCUT2D eigenvalue weighted by atomic mass is 10.1. The molecule has 0 heterocycles. The van der Waals surface area contributed by atoms with Crippen molar-refractivity contribution in [3.8, 4) is 6.07 Å². The number of aliphatic hydroxyl groups excluding tert-OH is 1. The molecule has 7 heteroatoms. The van der Waals surface area contributed by atoms with E-state index in [-0.39, 0.29) is 27.9 Å². The molecule has 0 amide bonds. The van der Waals surface area contributed by atoms with E-state index in [4.69, 9.17) is 17.5 Å². The molecule has 0 aliphatic rings. The van der Waals surface area contributed by atoms with Gasteiger partial charge in [0.15, 0.2) is 0 Å². The molecule has 1 rings (SSSR count). The predicted octanol–water partition coefficient (Wildman–Crippen LogP) is 4.44. The minimum absolute atomic E-state index is 0.239. The molecule has 0 unspecified atom stereocenters. The lowest BCUT2D eigenvalue weighted by Crippen LogP contribution is -2.18. The van der Waals surface area contributed by atoms with Crippen LogP contribution in [0.25, 0.3) is 0 Å². The fourth-order valence-electron chi connectivity index (χ4n) is 1.54. The Labute approximate surface area is 125 Å². The molecule has 2 N–H and O–H groups in total. The Balaban J connectivity index is 3.16. The van der Waals surface area contributed by atoms with Gasteiger partial charge in [0.05, 0.1) is 11.3 Å². The van der Waals surface area contributed by atoms with Crippen LogP contribution in [0.1, 0.15) is 19.4 Å². The zero-order valence-electron chi connectivity index (χ0n) is 11.3. The second-order valence-corrected chi connectivity index (χ2v) is 4.93. The molecule has 0 aromatic heterocycles. The van der Waals surface area contributed by atoms with Gasteiger partial charge in [-0.1, -0.05) is 38.2 Å². The molecule has 0 spiro atoms. The van der Waals surface area contributed by atoms with Crippen molar-refractivity contribution in [3.63, 3.8) is 0 Å². The summed E-state index contributed by atoms with van der Waals surface area (Å²) in [5.41, 5.74) is -1.40. The predicted molar refractivity (Wildman–Crippen MR) is 77.8 cm³/mol. The van der Waals surface area contributed by atoms with Gasteiger partial charge in [-0.05, 0) is 12.1 Å². The highest BCUT2D eigenvalue weighted by Gasteiger charge is 2.33. The van der Waals surface area contributed by atoms with Crippen molar-refractivity contribution in [1.29, 1.82) is 5.26 Å². The topological polar surface area (TPSA) is 56.0 Å². The number of halogens is 3. The van der Waals surface area contributed by atoms with Crippen LogP contribution in [0.3, 0.4) is 0 Å². The molecule has 112 valence electrons. The normalized spacial score (nSPS) is 12.6. The zero-order valence-corrected chi connectivity index (χ0v) is 12.1. The van der Waals surface area contributed by atoms with Gasteiger partial charge in [0.2, 0.25) is 0 Å². The maximum atomic E-state index is 12.9. The summed E-state index contributed by atoms with van der Waals surface area (Å²) >= 11 is 4.92. The number of aliphatic hydroxyl groups is 1. The third-order valence-electron chi connectivity index (χ3n) is 2.62. The molecule has 1 aromatic carbocycles. The maximum absolute atomic E-state index is 12.9. The lowest BCUT2D eigenvalue weighted by Gasteiger charge is -2.15. The Bertz CT molecular complexity index is 615. The van der Waals surface area contributed by atoms with E-state index in [9.17, 15) is 18.3 Å². The van der Waals surface area contributed by atoms with Gasteiger partial charge in [-0.15, -0.1) is 0 Å². The summed E-state index contributed by atoms with van der Waals surface area (Å²) in [4.78, 5) is -0.250. The van der Waals surface area contributed by atoms with Crippen molar-refractivity contribution in [2.24, 2.45) is 5.92 Å². The van der Waals surface area contributed by atoms with Gasteiger partial charge in [-0.2, -0.15) is 18.4 Å². The second-order valence-electron chi connectivity index (χ2n) is 4.52. The number of para-hydroxylation sites is 1. The van der Waals surface area contributed by atoms with E-state index >= 15 is 0 Å². The number of nitrogens with one attached hydrogen (secondary N) is 1. The van der Waals surface area contributed by atoms with E-state index in [1.54, 1.807) is 19.9 Å². The first-order valence-electron chi connectivity index (χ1n) is 5.99. The molecule has 0 aliphatic heterocycles. The summed E-state index contributed by atoms with van der Waals surface area (Å²) in [5, 5.41) is 21.2. The quantitative estimate of drug-likeness (QED) is 0.375. The number of rotatable bonds is 3. The second kappa shape index (κ2) is 6.59. The SMILES string of the molecule is CC(C)C(O)=C(C#N)C(=S)Nc1ccccc1C(F)(F)F. The molecule has 1 aromatic rings. The average Bonchev–Trinajstić information content (AvgIpc) is 2.38. The molecule has 0 saturated carbocycles. The number of hydrogen-bond donors (Lipinski definition) is 2. The lowest BCUT2D eigenvalue weighted by molar-refractivity contribution is -0.136. The van der Waals surface area contributed by atoms with E-state index in [1.165, 1.54) is 18.2 Å². The number of nitrogens with zero attached hydrogens (tertiary/aromatic N) is 1. The molecule has 0 aliphatic carbocycles. The molecular formula is C14H13F3N2OS. The minimum Gasteiger partial charge on any atom is -0.511 e. The van der Waals surface area contributed by atoms with E-state index in [0.29, 0.717) is 0 Å². The third-order valence-corrected chi connectivity index (χ3v) is 2.93. The number of hydrogen-bond acceptors (Lipinski definition) is 3. The summed E-state index contributed by atoms with van der Waals surface area (Å²) in [7, 11) is 0. The van der Waals surface area contributed by atoms with Gasteiger partial charge >= 0.3 is 6.18 Å². The van der Waals surface area contributed by atoms with Gasteiger partial charge in [-0.3, -0.25) is 0 Å². The molecule has 0 atom stereocenters. The van der Waals surface area contributed by atoms with Gasteiger partial charge in [-0.25, -0.2) is 0 Å². The monoisotopic (exact) mass is 314 g/mol. The van der Waals surface area contributed by atoms with Gasteiger partial charge in [0.1, 0.15) is 22.4 Å². The van der Waals surface area contributed by atoms with E-state index in [2.05, 4.69) is 5.32 Å². The van der Waals surface area contributed by atoms with Crippen LogP contribution in [0, 0.1) is 17.2 Å². The first-order chi connectivity index (χ1) is 9.68. The molecule has 0 radical (unpaired) electrons. The molecule has 0 saturated heterocycles. The van der Waals surface area contributed by atoms with Crippen LogP contribution >= 0.6 is 12.2 Å². The number of alkyl halides is 3. The average molecular weight is 314 g/mol. The van der Waals surface area contributed by atoms with Crippen molar-refractivity contribution in [3.05, 3.63) is 41.2 Å². The van der Waals surface area contributed by atoms with Crippen molar-refractivity contribution < 1.29 is 18.3 Å². The van der Waals surface area contributed by atoms with Crippen LogP contribution < -0.4 is 5.32 Å². The summed E-state index contributed by atoms with van der Waals surface area (Å²) in [6, 6.07) is 6.49. The van der Waals surface area contributed by atoms with Gasteiger partial charge < -0.3 is 10.4 Å². The number of allylic oxidation sites excluding steroid dienone is 1. The zero-order chi connectivity index (χ0) is 16.2. The van der Waals surface area contributed by atoms with Crippen LogP contribution in [0.4, 0.5) is 18.9 Å². The van der Waals surface area contributed by atoms with Crippen LogP contribution in [-0.2, 0) is 6.18 Å². The Morgan fingerprint density at radius 3 is 2.38 bits per heavy atom. The van der Waals surface area contributed by atoms with Crippen molar-refractivity contribution in [2.45, 2.75) is 20.0 Å². The van der Waals surface area contributed by atoms with Gasteiger partial charge in [0.25, 0.3) is 0 Å². The molecule has 0 fully saturated rings. The van der Waals surface area contributed by atoms with Crippen LogP contribution in [0.5, 0.6) is 0 Å². The first kappa shape index (κ1) is 17.0. The summed E-state index contributed by atoms with van der Waals surface area (Å²) in [6.45, 7) is 3.28. The first-order valence-corrected chi connectivity index (χ1v) is 6.40. The number of anilines is 1. The highest BCUT2D eigenvalue weighted by molar-refractivity contribution is 7.81.